The van der Waals surface area contributed by atoms with Gasteiger partial charge in [-0.1, -0.05) is 0 Å². The molecular formula is C11H14N6O3. The minimum atomic E-state index is -0.604. The number of aromatic nitrogens is 4. The molecular weight excluding hydrogens is 264 g/mol. The number of nitro groups is 1. The summed E-state index contributed by atoms with van der Waals surface area (Å²) < 4.78 is 2.91. The zero-order valence-corrected chi connectivity index (χ0v) is 11.1. The summed E-state index contributed by atoms with van der Waals surface area (Å²) >= 11 is 0. The van der Waals surface area contributed by atoms with Gasteiger partial charge in [0.2, 0.25) is 5.91 Å². The zero-order chi connectivity index (χ0) is 14.7. The van der Waals surface area contributed by atoms with Gasteiger partial charge in [0, 0.05) is 7.05 Å². The van der Waals surface area contributed by atoms with E-state index in [2.05, 4.69) is 15.5 Å². The Morgan fingerprint density at radius 2 is 2.25 bits per heavy atom. The maximum atomic E-state index is 11.7. The number of hydrogen-bond acceptors (Lipinski definition) is 5. The molecule has 0 atom stereocenters. The van der Waals surface area contributed by atoms with Gasteiger partial charge in [-0.3, -0.25) is 9.48 Å². The lowest BCUT2D eigenvalue weighted by molar-refractivity contribution is -0.389. The highest BCUT2D eigenvalue weighted by Crippen LogP contribution is 2.05. The Labute approximate surface area is 114 Å². The van der Waals surface area contributed by atoms with Crippen molar-refractivity contribution in [2.75, 3.05) is 0 Å². The van der Waals surface area contributed by atoms with Crippen molar-refractivity contribution in [3.8, 4) is 0 Å². The number of carbonyl (C=O) groups is 1. The van der Waals surface area contributed by atoms with Gasteiger partial charge in [0.1, 0.15) is 6.54 Å². The molecule has 0 fully saturated rings. The van der Waals surface area contributed by atoms with Gasteiger partial charge in [-0.05, 0) is 17.9 Å². The van der Waals surface area contributed by atoms with Crippen LogP contribution in [0.15, 0.2) is 18.3 Å². The van der Waals surface area contributed by atoms with Gasteiger partial charge in [-0.25, -0.2) is 0 Å². The molecule has 2 rings (SSSR count). The molecule has 0 aromatic carbocycles. The Morgan fingerprint density at radius 3 is 2.80 bits per heavy atom. The van der Waals surface area contributed by atoms with E-state index in [0.717, 1.165) is 11.4 Å². The number of amides is 1. The molecule has 0 spiro atoms. The van der Waals surface area contributed by atoms with E-state index >= 15 is 0 Å². The van der Waals surface area contributed by atoms with E-state index in [0.29, 0.717) is 6.54 Å². The molecule has 2 aromatic rings. The van der Waals surface area contributed by atoms with Crippen LogP contribution in [0.25, 0.3) is 0 Å². The second-order valence-electron chi connectivity index (χ2n) is 4.31. The number of nitrogens with one attached hydrogen (secondary N) is 1. The summed E-state index contributed by atoms with van der Waals surface area (Å²) in [6.07, 6.45) is 1.39. The van der Waals surface area contributed by atoms with Gasteiger partial charge < -0.3 is 15.4 Å². The molecule has 2 aromatic heterocycles. The third-order valence-electron chi connectivity index (χ3n) is 2.68. The second kappa shape index (κ2) is 5.51. The van der Waals surface area contributed by atoms with Gasteiger partial charge in [-0.2, -0.15) is 9.78 Å². The van der Waals surface area contributed by atoms with Crippen LogP contribution in [0.2, 0.25) is 0 Å². The first-order valence-electron chi connectivity index (χ1n) is 5.90. The first-order chi connectivity index (χ1) is 9.45. The van der Waals surface area contributed by atoms with Crippen LogP contribution < -0.4 is 5.32 Å². The number of hydrogen-bond donors (Lipinski definition) is 1. The molecule has 9 nitrogen and oxygen atoms in total. The molecule has 1 amide bonds. The van der Waals surface area contributed by atoms with Crippen LogP contribution in [-0.2, 0) is 24.9 Å². The maximum Gasteiger partial charge on any atom is 0.389 e. The summed E-state index contributed by atoms with van der Waals surface area (Å²) in [5.74, 6) is -0.554. The van der Waals surface area contributed by atoms with Crippen molar-refractivity contribution in [2.24, 2.45) is 7.05 Å². The Morgan fingerprint density at radius 1 is 1.50 bits per heavy atom. The molecule has 0 radical (unpaired) electrons. The predicted molar refractivity (Wildman–Crippen MR) is 68.7 cm³/mol. The minimum Gasteiger partial charge on any atom is -0.358 e. The number of nitrogens with zero attached hydrogens (tertiary/aromatic N) is 5. The highest BCUT2D eigenvalue weighted by atomic mass is 16.6. The molecule has 0 unspecified atom stereocenters. The third-order valence-corrected chi connectivity index (χ3v) is 2.68. The standard InChI is InChI=1S/C11H14N6O3/c1-8-5-9(15(2)13-8)6-12-11(18)7-16-4-3-10(14-16)17(19)20/h3-5H,6-7H2,1-2H3,(H,12,18). The van der Waals surface area contributed by atoms with E-state index in [-0.39, 0.29) is 18.3 Å². The second-order valence-corrected chi connectivity index (χ2v) is 4.31. The van der Waals surface area contributed by atoms with E-state index < -0.39 is 4.92 Å². The molecule has 0 saturated carbocycles. The Kier molecular flexibility index (Phi) is 3.78. The van der Waals surface area contributed by atoms with Crippen molar-refractivity contribution in [3.05, 3.63) is 39.8 Å². The van der Waals surface area contributed by atoms with E-state index in [1.54, 1.807) is 11.7 Å². The average molecular weight is 278 g/mol. The predicted octanol–water partition coefficient (Wildman–Crippen LogP) is 0.150. The van der Waals surface area contributed by atoms with Crippen LogP contribution in [0.4, 0.5) is 5.82 Å². The number of aryl methyl sites for hydroxylation is 2. The van der Waals surface area contributed by atoms with Crippen molar-refractivity contribution in [2.45, 2.75) is 20.0 Å². The summed E-state index contributed by atoms with van der Waals surface area (Å²) in [4.78, 5) is 21.6. The molecule has 106 valence electrons. The Bertz CT molecular complexity index is 644. The van der Waals surface area contributed by atoms with Crippen molar-refractivity contribution in [1.82, 2.24) is 24.9 Å². The smallest absolute Gasteiger partial charge is 0.358 e. The molecule has 0 aliphatic carbocycles. The Balaban J connectivity index is 1.89. The normalized spacial score (nSPS) is 10.5. The lowest BCUT2D eigenvalue weighted by atomic mass is 10.3. The SMILES string of the molecule is Cc1cc(CNC(=O)Cn2ccc([N+](=O)[O-])n2)n(C)n1. The molecule has 0 bridgehead atoms. The minimum absolute atomic E-state index is 0.0648. The van der Waals surface area contributed by atoms with Gasteiger partial charge in [0.25, 0.3) is 0 Å². The molecule has 0 saturated heterocycles. The highest BCUT2D eigenvalue weighted by molar-refractivity contribution is 5.75. The summed E-state index contributed by atoms with van der Waals surface area (Å²) in [5.41, 5.74) is 1.75. The topological polar surface area (TPSA) is 108 Å². The zero-order valence-electron chi connectivity index (χ0n) is 11.1. The Hall–Kier alpha value is -2.71. The van der Waals surface area contributed by atoms with Gasteiger partial charge in [0.15, 0.2) is 0 Å². The monoisotopic (exact) mass is 278 g/mol. The van der Waals surface area contributed by atoms with E-state index in [1.807, 2.05) is 13.0 Å². The van der Waals surface area contributed by atoms with Crippen molar-refractivity contribution in [1.29, 1.82) is 0 Å². The van der Waals surface area contributed by atoms with Crippen LogP contribution in [0, 0.1) is 17.0 Å². The van der Waals surface area contributed by atoms with Gasteiger partial charge in [-0.15, -0.1) is 0 Å². The summed E-state index contributed by atoms with van der Waals surface area (Å²) in [6.45, 7) is 2.15. The van der Waals surface area contributed by atoms with Crippen molar-refractivity contribution < 1.29 is 9.72 Å². The lowest BCUT2D eigenvalue weighted by Crippen LogP contribution is -2.28. The first kappa shape index (κ1) is 13.7. The number of rotatable bonds is 5. The fourth-order valence-corrected chi connectivity index (χ4v) is 1.76. The molecule has 1 N–H and O–H groups in total. The van der Waals surface area contributed by atoms with Crippen LogP contribution in [0.1, 0.15) is 11.4 Å². The number of carbonyl (C=O) groups excluding carboxylic acids is 1. The first-order valence-corrected chi connectivity index (χ1v) is 5.90. The molecule has 0 aliphatic rings. The maximum absolute atomic E-state index is 11.7. The molecule has 9 heteroatoms. The molecule has 20 heavy (non-hydrogen) atoms. The van der Waals surface area contributed by atoms with E-state index in [4.69, 9.17) is 0 Å². The van der Waals surface area contributed by atoms with Crippen LogP contribution in [0.5, 0.6) is 0 Å². The fourth-order valence-electron chi connectivity index (χ4n) is 1.76. The lowest BCUT2D eigenvalue weighted by Gasteiger charge is -2.04. The van der Waals surface area contributed by atoms with Crippen LogP contribution >= 0.6 is 0 Å². The third kappa shape index (κ3) is 3.19. The van der Waals surface area contributed by atoms with E-state index in [1.165, 1.54) is 16.9 Å². The fraction of sp³-hybridized carbons (Fsp3) is 0.364. The van der Waals surface area contributed by atoms with Crippen molar-refractivity contribution >= 4 is 11.7 Å². The highest BCUT2D eigenvalue weighted by Gasteiger charge is 2.13. The largest absolute Gasteiger partial charge is 0.389 e. The van der Waals surface area contributed by atoms with Crippen LogP contribution in [-0.4, -0.2) is 30.4 Å². The quantitative estimate of drug-likeness (QED) is 0.618. The van der Waals surface area contributed by atoms with Crippen molar-refractivity contribution in [3.63, 3.8) is 0 Å². The molecule has 0 aliphatic heterocycles. The summed E-state index contributed by atoms with van der Waals surface area (Å²) in [7, 11) is 1.80. The van der Waals surface area contributed by atoms with Gasteiger partial charge >= 0.3 is 5.82 Å². The van der Waals surface area contributed by atoms with Crippen LogP contribution in [0.3, 0.4) is 0 Å². The summed E-state index contributed by atoms with van der Waals surface area (Å²) in [6, 6.07) is 3.12. The molecule has 2 heterocycles. The summed E-state index contributed by atoms with van der Waals surface area (Å²) in [5, 5.41) is 21.0. The van der Waals surface area contributed by atoms with E-state index in [9.17, 15) is 14.9 Å². The average Bonchev–Trinajstić information content (AvgIpc) is 2.94. The van der Waals surface area contributed by atoms with Gasteiger partial charge in [0.05, 0.1) is 35.3 Å².